The highest BCUT2D eigenvalue weighted by Crippen LogP contribution is 2.32. The van der Waals surface area contributed by atoms with Crippen molar-refractivity contribution in [3.05, 3.63) is 52.0 Å². The van der Waals surface area contributed by atoms with Crippen molar-refractivity contribution in [1.82, 2.24) is 0 Å². The van der Waals surface area contributed by atoms with Crippen LogP contribution in [0, 0.1) is 0 Å². The van der Waals surface area contributed by atoms with Crippen LogP contribution >= 0.6 is 23.2 Å². The van der Waals surface area contributed by atoms with Crippen LogP contribution in [-0.2, 0) is 10.0 Å². The Morgan fingerprint density at radius 2 is 1.78 bits per heavy atom. The van der Waals surface area contributed by atoms with Crippen LogP contribution in [0.2, 0.25) is 10.0 Å². The largest absolute Gasteiger partial charge is 0.496 e. The molecule has 23 heavy (non-hydrogen) atoms. The van der Waals surface area contributed by atoms with Crippen LogP contribution in [0.4, 0.5) is 5.69 Å². The molecule has 0 aromatic heterocycles. The number of halogens is 2. The Morgan fingerprint density at radius 1 is 1.17 bits per heavy atom. The van der Waals surface area contributed by atoms with Gasteiger partial charge in [-0.15, -0.1) is 0 Å². The first-order chi connectivity index (χ1) is 10.7. The number of anilines is 1. The summed E-state index contributed by atoms with van der Waals surface area (Å²) in [5, 5.41) is 9.39. The van der Waals surface area contributed by atoms with E-state index in [9.17, 15) is 13.2 Å². The lowest BCUT2D eigenvalue weighted by molar-refractivity contribution is 0.0693. The lowest BCUT2D eigenvalue weighted by Gasteiger charge is -2.13. The van der Waals surface area contributed by atoms with E-state index >= 15 is 0 Å². The molecule has 0 saturated heterocycles. The van der Waals surface area contributed by atoms with E-state index in [4.69, 9.17) is 33.0 Å². The number of aromatic carboxylic acids is 1. The number of methoxy groups -OCH3 is 1. The predicted octanol–water partition coefficient (Wildman–Crippen LogP) is 3.50. The van der Waals surface area contributed by atoms with E-state index in [2.05, 4.69) is 4.72 Å². The number of ether oxygens (including phenoxy) is 1. The van der Waals surface area contributed by atoms with Gasteiger partial charge in [0, 0.05) is 11.1 Å². The molecule has 9 heteroatoms. The Balaban J connectivity index is 2.43. The van der Waals surface area contributed by atoms with Crippen molar-refractivity contribution in [3.8, 4) is 5.75 Å². The highest BCUT2D eigenvalue weighted by molar-refractivity contribution is 7.92. The molecule has 2 N–H and O–H groups in total. The summed E-state index contributed by atoms with van der Waals surface area (Å²) in [6.45, 7) is 0. The fourth-order valence-corrected chi connectivity index (χ4v) is 3.25. The fourth-order valence-electron chi connectivity index (χ4n) is 1.79. The smallest absolute Gasteiger partial charge is 0.339 e. The predicted molar refractivity (Wildman–Crippen MR) is 87.2 cm³/mol. The number of hydrogen-bond donors (Lipinski definition) is 2. The van der Waals surface area contributed by atoms with E-state index in [1.165, 1.54) is 37.4 Å². The lowest BCUT2D eigenvalue weighted by Crippen LogP contribution is -2.14. The summed E-state index contributed by atoms with van der Waals surface area (Å²) in [4.78, 5) is 11.1. The number of nitrogens with one attached hydrogen (secondary N) is 1. The molecule has 0 spiro atoms. The van der Waals surface area contributed by atoms with Crippen LogP contribution in [0.3, 0.4) is 0 Å². The molecule has 6 nitrogen and oxygen atoms in total. The van der Waals surface area contributed by atoms with Crippen molar-refractivity contribution < 1.29 is 23.1 Å². The fraction of sp³-hybridized carbons (Fsp3) is 0.0714. The van der Waals surface area contributed by atoms with E-state index < -0.39 is 16.0 Å². The van der Waals surface area contributed by atoms with E-state index in [0.29, 0.717) is 5.02 Å². The Morgan fingerprint density at radius 3 is 2.30 bits per heavy atom. The van der Waals surface area contributed by atoms with Crippen molar-refractivity contribution in [1.29, 1.82) is 0 Å². The number of carbonyl (C=O) groups is 1. The molecule has 0 fully saturated rings. The second-order valence-electron chi connectivity index (χ2n) is 4.40. The van der Waals surface area contributed by atoms with Crippen molar-refractivity contribution in [3.63, 3.8) is 0 Å². The molecule has 0 aliphatic rings. The SMILES string of the molecule is COc1cc(NS(=O)(=O)c2ccc(Cl)cc2)c(Cl)cc1C(=O)O. The van der Waals surface area contributed by atoms with Crippen LogP contribution in [0.1, 0.15) is 10.4 Å². The number of benzene rings is 2. The summed E-state index contributed by atoms with van der Waals surface area (Å²) in [5.74, 6) is -1.26. The highest BCUT2D eigenvalue weighted by atomic mass is 35.5. The molecule has 0 bridgehead atoms. The zero-order chi connectivity index (χ0) is 17.2. The molecule has 0 atom stereocenters. The third kappa shape index (κ3) is 3.87. The quantitative estimate of drug-likeness (QED) is 0.833. The topological polar surface area (TPSA) is 92.7 Å². The van der Waals surface area contributed by atoms with Gasteiger partial charge in [0.1, 0.15) is 11.3 Å². The summed E-state index contributed by atoms with van der Waals surface area (Å²) < 4.78 is 31.9. The molecule has 2 aromatic rings. The van der Waals surface area contributed by atoms with Crippen LogP contribution in [0.5, 0.6) is 5.75 Å². The zero-order valence-corrected chi connectivity index (χ0v) is 14.0. The average molecular weight is 376 g/mol. The summed E-state index contributed by atoms with van der Waals surface area (Å²) >= 11 is 11.7. The van der Waals surface area contributed by atoms with Crippen molar-refractivity contribution in [2.24, 2.45) is 0 Å². The minimum Gasteiger partial charge on any atom is -0.496 e. The van der Waals surface area contributed by atoms with Gasteiger partial charge in [-0.05, 0) is 30.3 Å². The molecule has 0 aliphatic carbocycles. The summed E-state index contributed by atoms with van der Waals surface area (Å²) in [5.41, 5.74) is -0.171. The number of rotatable bonds is 5. The molecule has 2 aromatic carbocycles. The third-order valence-corrected chi connectivity index (χ3v) is 4.83. The molecular formula is C14H11Cl2NO5S. The molecule has 0 unspecified atom stereocenters. The van der Waals surface area contributed by atoms with Crippen LogP contribution in [-0.4, -0.2) is 26.6 Å². The normalized spacial score (nSPS) is 11.1. The highest BCUT2D eigenvalue weighted by Gasteiger charge is 2.19. The van der Waals surface area contributed by atoms with Crippen LogP contribution in [0.25, 0.3) is 0 Å². The van der Waals surface area contributed by atoms with Crippen molar-refractivity contribution in [2.45, 2.75) is 4.90 Å². The van der Waals surface area contributed by atoms with Crippen LogP contribution in [0.15, 0.2) is 41.3 Å². The van der Waals surface area contributed by atoms with Crippen molar-refractivity contribution >= 4 is 44.9 Å². The zero-order valence-electron chi connectivity index (χ0n) is 11.7. The lowest BCUT2D eigenvalue weighted by atomic mass is 10.2. The monoisotopic (exact) mass is 375 g/mol. The van der Waals surface area contributed by atoms with Gasteiger partial charge in [0.2, 0.25) is 0 Å². The van der Waals surface area contributed by atoms with Gasteiger partial charge in [0.05, 0.1) is 22.7 Å². The molecule has 0 amide bonds. The van der Waals surface area contributed by atoms with E-state index in [-0.39, 0.29) is 26.9 Å². The van der Waals surface area contributed by atoms with Gasteiger partial charge >= 0.3 is 5.97 Å². The van der Waals surface area contributed by atoms with Gasteiger partial charge in [0.25, 0.3) is 10.0 Å². The third-order valence-electron chi connectivity index (χ3n) is 2.89. The minimum atomic E-state index is -3.91. The average Bonchev–Trinajstić information content (AvgIpc) is 2.49. The number of carboxylic acid groups (broad SMARTS) is 1. The van der Waals surface area contributed by atoms with Crippen molar-refractivity contribution in [2.75, 3.05) is 11.8 Å². The van der Waals surface area contributed by atoms with E-state index in [0.717, 1.165) is 6.07 Å². The number of hydrogen-bond acceptors (Lipinski definition) is 4. The number of carboxylic acids is 1. The second-order valence-corrected chi connectivity index (χ2v) is 6.92. The summed E-state index contributed by atoms with van der Waals surface area (Å²) in [6.07, 6.45) is 0. The van der Waals surface area contributed by atoms with Gasteiger partial charge in [-0.25, -0.2) is 13.2 Å². The molecule has 0 saturated carbocycles. The van der Waals surface area contributed by atoms with Gasteiger partial charge in [-0.2, -0.15) is 0 Å². The maximum atomic E-state index is 12.3. The maximum Gasteiger partial charge on any atom is 0.339 e. The molecule has 2 rings (SSSR count). The Kier molecular flexibility index (Phi) is 5.03. The second kappa shape index (κ2) is 6.66. The number of sulfonamides is 1. The molecule has 0 heterocycles. The molecule has 122 valence electrons. The molecular weight excluding hydrogens is 365 g/mol. The molecule has 0 aliphatic heterocycles. The van der Waals surface area contributed by atoms with Gasteiger partial charge in [-0.1, -0.05) is 23.2 Å². The van der Waals surface area contributed by atoms with E-state index in [1.54, 1.807) is 0 Å². The first kappa shape index (κ1) is 17.4. The maximum absolute atomic E-state index is 12.3. The van der Waals surface area contributed by atoms with Gasteiger partial charge in [0.15, 0.2) is 0 Å². The molecule has 0 radical (unpaired) electrons. The standard InChI is InChI=1S/C14H11Cl2NO5S/c1-22-13-7-12(11(16)6-10(13)14(18)19)17-23(20,21)9-4-2-8(15)3-5-9/h2-7,17H,1H3,(H,18,19). The first-order valence-electron chi connectivity index (χ1n) is 6.14. The minimum absolute atomic E-state index is 0.00321. The Hall–Kier alpha value is -1.96. The Labute approximate surface area is 142 Å². The Bertz CT molecular complexity index is 850. The van der Waals surface area contributed by atoms with Crippen LogP contribution < -0.4 is 9.46 Å². The summed E-state index contributed by atoms with van der Waals surface area (Å²) in [6, 6.07) is 7.86. The van der Waals surface area contributed by atoms with E-state index in [1.807, 2.05) is 0 Å². The van der Waals surface area contributed by atoms with Gasteiger partial charge < -0.3 is 9.84 Å². The first-order valence-corrected chi connectivity index (χ1v) is 8.37. The van der Waals surface area contributed by atoms with Gasteiger partial charge in [-0.3, -0.25) is 4.72 Å². The summed E-state index contributed by atoms with van der Waals surface area (Å²) in [7, 11) is -2.64.